The van der Waals surface area contributed by atoms with Crippen LogP contribution in [0, 0.1) is 11.8 Å². The van der Waals surface area contributed by atoms with E-state index >= 15 is 0 Å². The number of likely N-dealkylation sites (tertiary alicyclic amines) is 1. The molecule has 3 nitrogen and oxygen atoms in total. The SMILES string of the molecule is CC1CCN(C(C)C)CC1C(=O)O. The van der Waals surface area contributed by atoms with E-state index in [0.29, 0.717) is 18.5 Å². The zero-order chi connectivity index (χ0) is 10.0. The van der Waals surface area contributed by atoms with E-state index in [1.807, 2.05) is 6.92 Å². The molecule has 1 fully saturated rings. The number of carboxylic acid groups (broad SMARTS) is 1. The van der Waals surface area contributed by atoms with Crippen molar-refractivity contribution in [3.05, 3.63) is 0 Å². The van der Waals surface area contributed by atoms with E-state index in [1.165, 1.54) is 0 Å². The van der Waals surface area contributed by atoms with Crippen LogP contribution in [-0.4, -0.2) is 35.1 Å². The third-order valence-corrected chi connectivity index (χ3v) is 3.04. The molecular formula is C10H19NO2. The van der Waals surface area contributed by atoms with Gasteiger partial charge < -0.3 is 10.0 Å². The first-order valence-electron chi connectivity index (χ1n) is 4.99. The summed E-state index contributed by atoms with van der Waals surface area (Å²) < 4.78 is 0. The fourth-order valence-electron chi connectivity index (χ4n) is 1.89. The molecule has 0 aromatic heterocycles. The fraction of sp³-hybridized carbons (Fsp3) is 0.900. The highest BCUT2D eigenvalue weighted by Gasteiger charge is 2.31. The summed E-state index contributed by atoms with van der Waals surface area (Å²) in [6, 6.07) is 0.467. The van der Waals surface area contributed by atoms with Gasteiger partial charge in [0.15, 0.2) is 0 Å². The van der Waals surface area contributed by atoms with Crippen LogP contribution in [0.1, 0.15) is 27.2 Å². The summed E-state index contributed by atoms with van der Waals surface area (Å²) in [4.78, 5) is 13.2. The van der Waals surface area contributed by atoms with Crippen molar-refractivity contribution in [3.8, 4) is 0 Å². The van der Waals surface area contributed by atoms with Crippen molar-refractivity contribution >= 4 is 5.97 Å². The second-order valence-corrected chi connectivity index (χ2v) is 4.30. The molecule has 0 saturated carbocycles. The molecule has 0 amide bonds. The monoisotopic (exact) mass is 185 g/mol. The molecule has 1 heterocycles. The number of hydrogen-bond acceptors (Lipinski definition) is 2. The average Bonchev–Trinajstić information content (AvgIpc) is 2.04. The minimum atomic E-state index is -0.641. The van der Waals surface area contributed by atoms with E-state index in [2.05, 4.69) is 18.7 Å². The molecule has 0 spiro atoms. The van der Waals surface area contributed by atoms with Crippen LogP contribution in [0.25, 0.3) is 0 Å². The summed E-state index contributed by atoms with van der Waals surface area (Å²) in [6.07, 6.45) is 1.01. The Bertz CT molecular complexity index is 191. The van der Waals surface area contributed by atoms with Crippen LogP contribution in [0.2, 0.25) is 0 Å². The first-order chi connectivity index (χ1) is 6.02. The molecule has 13 heavy (non-hydrogen) atoms. The topological polar surface area (TPSA) is 40.5 Å². The van der Waals surface area contributed by atoms with E-state index in [1.54, 1.807) is 0 Å². The lowest BCUT2D eigenvalue weighted by Crippen LogP contribution is -2.45. The second-order valence-electron chi connectivity index (χ2n) is 4.30. The zero-order valence-electron chi connectivity index (χ0n) is 8.66. The van der Waals surface area contributed by atoms with Crippen molar-refractivity contribution in [1.29, 1.82) is 0 Å². The number of carbonyl (C=O) groups is 1. The molecule has 1 rings (SSSR count). The molecule has 3 heteroatoms. The summed E-state index contributed by atoms with van der Waals surface area (Å²) in [7, 11) is 0. The number of hydrogen-bond donors (Lipinski definition) is 1. The summed E-state index contributed by atoms with van der Waals surface area (Å²) in [5, 5.41) is 8.98. The van der Waals surface area contributed by atoms with Gasteiger partial charge in [0.05, 0.1) is 5.92 Å². The maximum atomic E-state index is 10.9. The van der Waals surface area contributed by atoms with Crippen molar-refractivity contribution < 1.29 is 9.90 Å². The van der Waals surface area contributed by atoms with Crippen LogP contribution in [0.15, 0.2) is 0 Å². The van der Waals surface area contributed by atoms with Crippen LogP contribution in [0.4, 0.5) is 0 Å². The van der Waals surface area contributed by atoms with Crippen molar-refractivity contribution in [2.75, 3.05) is 13.1 Å². The van der Waals surface area contributed by atoms with Crippen molar-refractivity contribution in [1.82, 2.24) is 4.90 Å². The first-order valence-corrected chi connectivity index (χ1v) is 4.99. The van der Waals surface area contributed by atoms with Crippen LogP contribution in [0.3, 0.4) is 0 Å². The molecular weight excluding hydrogens is 166 g/mol. The summed E-state index contributed by atoms with van der Waals surface area (Å²) >= 11 is 0. The molecule has 1 aliphatic heterocycles. The second kappa shape index (κ2) is 4.09. The molecule has 1 aliphatic rings. The van der Waals surface area contributed by atoms with Crippen molar-refractivity contribution in [2.45, 2.75) is 33.2 Å². The Morgan fingerprint density at radius 3 is 2.62 bits per heavy atom. The lowest BCUT2D eigenvalue weighted by molar-refractivity contribution is -0.146. The van der Waals surface area contributed by atoms with Gasteiger partial charge in [0.25, 0.3) is 0 Å². The minimum absolute atomic E-state index is 0.170. The molecule has 2 unspecified atom stereocenters. The number of nitrogens with zero attached hydrogens (tertiary/aromatic N) is 1. The molecule has 1 saturated heterocycles. The molecule has 0 aromatic rings. The molecule has 2 atom stereocenters. The maximum Gasteiger partial charge on any atom is 0.308 e. The highest BCUT2D eigenvalue weighted by atomic mass is 16.4. The summed E-state index contributed by atoms with van der Waals surface area (Å²) in [5.41, 5.74) is 0. The zero-order valence-corrected chi connectivity index (χ0v) is 8.66. The van der Waals surface area contributed by atoms with Gasteiger partial charge in [0.1, 0.15) is 0 Å². The molecule has 0 aliphatic carbocycles. The van der Waals surface area contributed by atoms with Gasteiger partial charge in [0, 0.05) is 12.6 Å². The third-order valence-electron chi connectivity index (χ3n) is 3.04. The molecule has 0 radical (unpaired) electrons. The van der Waals surface area contributed by atoms with E-state index < -0.39 is 5.97 Å². The van der Waals surface area contributed by atoms with Gasteiger partial charge >= 0.3 is 5.97 Å². The van der Waals surface area contributed by atoms with E-state index in [9.17, 15) is 4.79 Å². The van der Waals surface area contributed by atoms with Gasteiger partial charge in [0.2, 0.25) is 0 Å². The standard InChI is InChI=1S/C10H19NO2/c1-7(2)11-5-4-8(3)9(6-11)10(12)13/h7-9H,4-6H2,1-3H3,(H,12,13). The normalized spacial score (nSPS) is 30.8. The maximum absolute atomic E-state index is 10.9. The molecule has 76 valence electrons. The smallest absolute Gasteiger partial charge is 0.308 e. The van der Waals surface area contributed by atoms with Gasteiger partial charge in [-0.3, -0.25) is 4.79 Å². The average molecular weight is 185 g/mol. The molecule has 0 bridgehead atoms. The van der Waals surface area contributed by atoms with Crippen molar-refractivity contribution in [3.63, 3.8) is 0 Å². The lowest BCUT2D eigenvalue weighted by atomic mass is 9.86. The van der Waals surface area contributed by atoms with Crippen LogP contribution in [0.5, 0.6) is 0 Å². The molecule has 1 N–H and O–H groups in total. The minimum Gasteiger partial charge on any atom is -0.481 e. The lowest BCUT2D eigenvalue weighted by Gasteiger charge is -2.37. The third kappa shape index (κ3) is 2.44. The Morgan fingerprint density at radius 1 is 1.54 bits per heavy atom. The van der Waals surface area contributed by atoms with Crippen LogP contribution >= 0.6 is 0 Å². The van der Waals surface area contributed by atoms with Crippen LogP contribution < -0.4 is 0 Å². The fourth-order valence-corrected chi connectivity index (χ4v) is 1.89. The van der Waals surface area contributed by atoms with Crippen LogP contribution in [-0.2, 0) is 4.79 Å². The van der Waals surface area contributed by atoms with Gasteiger partial charge in [-0.1, -0.05) is 6.92 Å². The Kier molecular flexibility index (Phi) is 3.31. The predicted molar refractivity (Wildman–Crippen MR) is 51.6 cm³/mol. The van der Waals surface area contributed by atoms with Gasteiger partial charge in [-0.25, -0.2) is 0 Å². The van der Waals surface area contributed by atoms with Gasteiger partial charge in [-0.2, -0.15) is 0 Å². The Balaban J connectivity index is 2.58. The predicted octanol–water partition coefficient (Wildman–Crippen LogP) is 1.44. The quantitative estimate of drug-likeness (QED) is 0.707. The van der Waals surface area contributed by atoms with Crippen molar-refractivity contribution in [2.24, 2.45) is 11.8 Å². The number of piperidine rings is 1. The number of aliphatic carboxylic acids is 1. The Hall–Kier alpha value is -0.570. The van der Waals surface area contributed by atoms with E-state index in [0.717, 1.165) is 13.0 Å². The van der Waals surface area contributed by atoms with Gasteiger partial charge in [-0.05, 0) is 32.7 Å². The van der Waals surface area contributed by atoms with E-state index in [-0.39, 0.29) is 5.92 Å². The van der Waals surface area contributed by atoms with Gasteiger partial charge in [-0.15, -0.1) is 0 Å². The highest BCUT2D eigenvalue weighted by Crippen LogP contribution is 2.24. The Morgan fingerprint density at radius 2 is 2.15 bits per heavy atom. The number of carboxylic acids is 1. The van der Waals surface area contributed by atoms with E-state index in [4.69, 9.17) is 5.11 Å². The molecule has 0 aromatic carbocycles. The summed E-state index contributed by atoms with van der Waals surface area (Å²) in [6.45, 7) is 8.04. The number of rotatable bonds is 2. The largest absolute Gasteiger partial charge is 0.481 e. The first kappa shape index (κ1) is 10.5. The summed E-state index contributed by atoms with van der Waals surface area (Å²) in [5.74, 6) is -0.485. The Labute approximate surface area is 79.7 Å². The highest BCUT2D eigenvalue weighted by molar-refractivity contribution is 5.70.